The Morgan fingerprint density at radius 2 is 1.68 bits per heavy atom. The molecule has 5 nitrogen and oxygen atoms in total. The first-order valence-electron chi connectivity index (χ1n) is 10.8. The second kappa shape index (κ2) is 11.3. The van der Waals surface area contributed by atoms with E-state index in [2.05, 4.69) is 5.32 Å². The van der Waals surface area contributed by atoms with E-state index in [9.17, 15) is 28.0 Å². The van der Waals surface area contributed by atoms with Crippen LogP contribution in [0, 0.1) is 11.3 Å². The number of benzene rings is 3. The number of hydrogen-bond acceptors (Lipinski definition) is 4. The van der Waals surface area contributed by atoms with Crippen LogP contribution in [-0.2, 0) is 22.2 Å². The average Bonchev–Trinajstić information content (AvgIpc) is 3.18. The van der Waals surface area contributed by atoms with Gasteiger partial charge in [0.05, 0.1) is 20.9 Å². The lowest BCUT2D eigenvalue weighted by molar-refractivity contribution is -0.137. The number of rotatable bonds is 5. The third kappa shape index (κ3) is 5.94. The third-order valence-corrected chi connectivity index (χ3v) is 7.85. The van der Waals surface area contributed by atoms with Gasteiger partial charge < -0.3 is 5.32 Å². The molecule has 4 rings (SSSR count). The zero-order valence-corrected chi connectivity index (χ0v) is 22.1. The minimum absolute atomic E-state index is 0.0364. The fourth-order valence-corrected chi connectivity index (χ4v) is 5.46. The molecule has 1 fully saturated rings. The molecule has 0 saturated carbocycles. The van der Waals surface area contributed by atoms with Gasteiger partial charge in [0.2, 0.25) is 5.91 Å². The number of hydrogen-bond donors (Lipinski definition) is 1. The molecule has 0 aromatic heterocycles. The molecule has 12 heteroatoms. The van der Waals surface area contributed by atoms with Crippen LogP contribution >= 0.6 is 46.6 Å². The first kappa shape index (κ1) is 27.9. The SMILES string of the molecule is N#C/C(C(=O)Nc1ccc(Cl)c(Cl)c1)=C1/S[C@H](Cc2cc(C(F)(F)F)ccc2Cl)C(=O)N1c1ccccc1. The number of anilines is 2. The van der Waals surface area contributed by atoms with E-state index in [0.29, 0.717) is 5.69 Å². The van der Waals surface area contributed by atoms with Gasteiger partial charge in [-0.3, -0.25) is 14.5 Å². The standard InChI is InChI=1S/C26H15Cl3F3N3O2S/c27-19-8-6-15(26(30,31)32)10-14(19)11-22-24(37)35(17-4-2-1-3-5-17)25(38-22)18(13-33)23(36)34-16-7-9-20(28)21(29)12-16/h1-10,12,22H,11H2,(H,34,36)/b25-18-/t22-/m1/s1. The van der Waals surface area contributed by atoms with Gasteiger partial charge in [-0.1, -0.05) is 64.8 Å². The molecule has 1 heterocycles. The predicted molar refractivity (Wildman–Crippen MR) is 143 cm³/mol. The van der Waals surface area contributed by atoms with Gasteiger partial charge in [0, 0.05) is 16.4 Å². The highest BCUT2D eigenvalue weighted by Gasteiger charge is 2.41. The number of nitriles is 1. The summed E-state index contributed by atoms with van der Waals surface area (Å²) in [6.07, 6.45) is -4.75. The van der Waals surface area contributed by atoms with Gasteiger partial charge in [0.15, 0.2) is 0 Å². The number of nitrogens with zero attached hydrogens (tertiary/aromatic N) is 2. The van der Waals surface area contributed by atoms with Gasteiger partial charge >= 0.3 is 6.18 Å². The Morgan fingerprint density at radius 1 is 1.00 bits per heavy atom. The maximum Gasteiger partial charge on any atom is 0.416 e. The largest absolute Gasteiger partial charge is 0.416 e. The van der Waals surface area contributed by atoms with Crippen molar-refractivity contribution in [3.63, 3.8) is 0 Å². The van der Waals surface area contributed by atoms with E-state index in [1.54, 1.807) is 30.3 Å². The van der Waals surface area contributed by atoms with Crippen molar-refractivity contribution in [1.29, 1.82) is 5.26 Å². The molecule has 1 saturated heterocycles. The van der Waals surface area contributed by atoms with Crippen LogP contribution in [0.5, 0.6) is 0 Å². The molecule has 1 aliphatic heterocycles. The van der Waals surface area contributed by atoms with E-state index in [1.807, 2.05) is 6.07 Å². The molecule has 3 aromatic carbocycles. The summed E-state index contributed by atoms with van der Waals surface area (Å²) in [5.41, 5.74) is -0.503. The van der Waals surface area contributed by atoms with E-state index in [0.717, 1.165) is 30.0 Å². The van der Waals surface area contributed by atoms with Crippen molar-refractivity contribution in [2.75, 3.05) is 10.2 Å². The molecule has 1 atom stereocenters. The number of nitrogens with one attached hydrogen (secondary N) is 1. The molecule has 3 aromatic rings. The highest BCUT2D eigenvalue weighted by molar-refractivity contribution is 8.05. The Labute approximate surface area is 234 Å². The summed E-state index contributed by atoms with van der Waals surface area (Å²) < 4.78 is 39.8. The first-order chi connectivity index (χ1) is 18.0. The highest BCUT2D eigenvalue weighted by atomic mass is 35.5. The minimum atomic E-state index is -4.59. The maximum atomic E-state index is 13.5. The van der Waals surface area contributed by atoms with Crippen molar-refractivity contribution in [2.45, 2.75) is 17.8 Å². The second-order valence-electron chi connectivity index (χ2n) is 8.00. The Balaban J connectivity index is 1.73. The summed E-state index contributed by atoms with van der Waals surface area (Å²) in [5, 5.41) is 12.1. The van der Waals surface area contributed by atoms with E-state index >= 15 is 0 Å². The van der Waals surface area contributed by atoms with Crippen LogP contribution in [0.2, 0.25) is 15.1 Å². The third-order valence-electron chi connectivity index (χ3n) is 5.48. The molecule has 2 amide bonds. The summed E-state index contributed by atoms with van der Waals surface area (Å²) in [6, 6.07) is 17.4. The van der Waals surface area contributed by atoms with Crippen LogP contribution in [0.1, 0.15) is 11.1 Å². The monoisotopic (exact) mass is 595 g/mol. The van der Waals surface area contributed by atoms with Crippen LogP contribution in [0.4, 0.5) is 24.5 Å². The summed E-state index contributed by atoms with van der Waals surface area (Å²) in [5.74, 6) is -1.32. The Hall–Kier alpha value is -3.16. The zero-order valence-electron chi connectivity index (χ0n) is 19.0. The van der Waals surface area contributed by atoms with Crippen LogP contribution in [0.3, 0.4) is 0 Å². The van der Waals surface area contributed by atoms with Crippen LogP contribution < -0.4 is 10.2 Å². The molecule has 0 spiro atoms. The molecule has 0 aliphatic carbocycles. The normalized spacial score (nSPS) is 16.8. The van der Waals surface area contributed by atoms with Gasteiger partial charge in [0.1, 0.15) is 16.7 Å². The predicted octanol–water partition coefficient (Wildman–Crippen LogP) is 7.73. The smallest absolute Gasteiger partial charge is 0.321 e. The lowest BCUT2D eigenvalue weighted by atomic mass is 10.0. The van der Waals surface area contributed by atoms with E-state index in [4.69, 9.17) is 34.8 Å². The molecule has 194 valence electrons. The average molecular weight is 597 g/mol. The lowest BCUT2D eigenvalue weighted by Crippen LogP contribution is -2.31. The van der Waals surface area contributed by atoms with Gasteiger partial charge in [-0.25, -0.2) is 0 Å². The lowest BCUT2D eigenvalue weighted by Gasteiger charge is -2.18. The Morgan fingerprint density at radius 3 is 2.32 bits per heavy atom. The minimum Gasteiger partial charge on any atom is -0.321 e. The number of carbonyl (C=O) groups is 2. The quantitative estimate of drug-likeness (QED) is 0.242. The van der Waals surface area contributed by atoms with Crippen molar-refractivity contribution in [2.24, 2.45) is 0 Å². The summed E-state index contributed by atoms with van der Waals surface area (Å²) in [4.78, 5) is 27.9. The zero-order chi connectivity index (χ0) is 27.6. The number of halogens is 6. The number of alkyl halides is 3. The fraction of sp³-hybridized carbons (Fsp3) is 0.115. The molecule has 1 N–H and O–H groups in total. The molecular weight excluding hydrogens is 582 g/mol. The Kier molecular flexibility index (Phi) is 8.28. The maximum absolute atomic E-state index is 13.5. The molecule has 1 aliphatic rings. The van der Waals surface area contributed by atoms with Crippen molar-refractivity contribution in [1.82, 2.24) is 0 Å². The number of para-hydroxylation sites is 1. The number of amides is 2. The summed E-state index contributed by atoms with van der Waals surface area (Å²) in [6.45, 7) is 0. The van der Waals surface area contributed by atoms with Gasteiger partial charge in [-0.2, -0.15) is 18.4 Å². The molecule has 0 bridgehead atoms. The second-order valence-corrected chi connectivity index (χ2v) is 10.4. The molecule has 0 radical (unpaired) electrons. The molecule has 38 heavy (non-hydrogen) atoms. The van der Waals surface area contributed by atoms with Crippen LogP contribution in [-0.4, -0.2) is 17.1 Å². The highest BCUT2D eigenvalue weighted by Crippen LogP contribution is 2.43. The summed E-state index contributed by atoms with van der Waals surface area (Å²) >= 11 is 19.0. The fourth-order valence-electron chi connectivity index (χ4n) is 3.67. The van der Waals surface area contributed by atoms with Crippen LogP contribution in [0.15, 0.2) is 77.3 Å². The van der Waals surface area contributed by atoms with Crippen molar-refractivity contribution in [3.8, 4) is 6.07 Å². The first-order valence-corrected chi connectivity index (χ1v) is 12.8. The van der Waals surface area contributed by atoms with Crippen LogP contribution in [0.25, 0.3) is 0 Å². The number of carbonyl (C=O) groups excluding carboxylic acids is 2. The van der Waals surface area contributed by atoms with Crippen molar-refractivity contribution < 1.29 is 22.8 Å². The van der Waals surface area contributed by atoms with E-state index in [1.165, 1.54) is 23.1 Å². The van der Waals surface area contributed by atoms with E-state index < -0.39 is 28.8 Å². The molecule has 0 unspecified atom stereocenters. The van der Waals surface area contributed by atoms with Crippen molar-refractivity contribution >= 4 is 69.8 Å². The van der Waals surface area contributed by atoms with Gasteiger partial charge in [-0.05, 0) is 60.5 Å². The van der Waals surface area contributed by atoms with E-state index in [-0.39, 0.29) is 43.3 Å². The Bertz CT molecular complexity index is 1490. The van der Waals surface area contributed by atoms with Crippen molar-refractivity contribution in [3.05, 3.63) is 104 Å². The topological polar surface area (TPSA) is 73.2 Å². The number of thioether (sulfide) groups is 1. The molecular formula is C26H15Cl3F3N3O2S. The van der Waals surface area contributed by atoms with Gasteiger partial charge in [-0.15, -0.1) is 0 Å². The van der Waals surface area contributed by atoms with Gasteiger partial charge in [0.25, 0.3) is 5.91 Å². The summed E-state index contributed by atoms with van der Waals surface area (Å²) in [7, 11) is 0.